The third-order valence-corrected chi connectivity index (χ3v) is 3.96. The van der Waals surface area contributed by atoms with Gasteiger partial charge in [-0.2, -0.15) is 0 Å². The molecule has 0 spiro atoms. The Morgan fingerprint density at radius 3 is 2.85 bits per heavy atom. The number of hydrogen-bond acceptors (Lipinski definition) is 3. The van der Waals surface area contributed by atoms with Crippen LogP contribution in [-0.4, -0.2) is 17.1 Å². The van der Waals surface area contributed by atoms with Crippen LogP contribution < -0.4 is 10.3 Å². The van der Waals surface area contributed by atoms with E-state index in [1.54, 1.807) is 6.07 Å². The molecule has 0 bridgehead atoms. The molecule has 1 aromatic carbocycles. The van der Waals surface area contributed by atoms with Gasteiger partial charge in [0.05, 0.1) is 16.4 Å². The molecular weight excluding hydrogens is 374 g/mol. The second-order valence-electron chi connectivity index (χ2n) is 4.27. The average molecular weight is 388 g/mol. The third-order valence-electron chi connectivity index (χ3n) is 2.84. The maximum Gasteiger partial charge on any atom is 0.264 e. The molecule has 4 nitrogen and oxygen atoms in total. The van der Waals surface area contributed by atoms with Crippen LogP contribution in [0.2, 0.25) is 0 Å². The van der Waals surface area contributed by atoms with Crippen molar-refractivity contribution in [3.63, 3.8) is 0 Å². The van der Waals surface area contributed by atoms with E-state index in [0.717, 1.165) is 18.5 Å². The number of aromatic nitrogens is 2. The van der Waals surface area contributed by atoms with E-state index < -0.39 is 5.82 Å². The van der Waals surface area contributed by atoms with Crippen LogP contribution in [0.5, 0.6) is 5.75 Å². The van der Waals surface area contributed by atoms with E-state index >= 15 is 0 Å². The van der Waals surface area contributed by atoms with Gasteiger partial charge in [0, 0.05) is 5.56 Å². The van der Waals surface area contributed by atoms with E-state index in [1.807, 2.05) is 29.5 Å². The third kappa shape index (κ3) is 3.00. The number of halogens is 2. The zero-order valence-corrected chi connectivity index (χ0v) is 13.3. The lowest BCUT2D eigenvalue weighted by Gasteiger charge is -2.08. The number of H-pyrrole nitrogens is 1. The molecule has 1 aromatic heterocycles. The van der Waals surface area contributed by atoms with Gasteiger partial charge in [-0.1, -0.05) is 13.3 Å². The minimum absolute atomic E-state index is 0.126. The molecule has 0 unspecified atom stereocenters. The summed E-state index contributed by atoms with van der Waals surface area (Å²) < 4.78 is 19.0. The van der Waals surface area contributed by atoms with Gasteiger partial charge in [-0.3, -0.25) is 4.79 Å². The first-order valence-corrected chi connectivity index (χ1v) is 7.27. The smallest absolute Gasteiger partial charge is 0.264 e. The largest absolute Gasteiger partial charge is 0.494 e. The van der Waals surface area contributed by atoms with Crippen molar-refractivity contribution in [3.8, 4) is 17.1 Å². The SMILES string of the molecule is CCCc1nc(-c2ccc(F)c(OC)c2)[nH]c(=O)c1I. The van der Waals surface area contributed by atoms with E-state index in [2.05, 4.69) is 9.97 Å². The standard InChI is InChI=1S/C14H14FIN2O2/c1-3-4-10-12(16)14(19)18-13(17-10)8-5-6-9(15)11(7-8)20-2/h5-7H,3-4H2,1-2H3,(H,17,18,19). The van der Waals surface area contributed by atoms with Crippen LogP contribution in [0.1, 0.15) is 19.0 Å². The zero-order valence-electron chi connectivity index (χ0n) is 11.2. The number of aromatic amines is 1. The van der Waals surface area contributed by atoms with Crippen molar-refractivity contribution in [2.45, 2.75) is 19.8 Å². The fourth-order valence-corrected chi connectivity index (χ4v) is 2.38. The van der Waals surface area contributed by atoms with Crippen molar-refractivity contribution >= 4 is 22.6 Å². The predicted molar refractivity (Wildman–Crippen MR) is 83.5 cm³/mol. The van der Waals surface area contributed by atoms with E-state index in [9.17, 15) is 9.18 Å². The summed E-state index contributed by atoms with van der Waals surface area (Å²) in [6.07, 6.45) is 1.63. The molecule has 106 valence electrons. The molecule has 1 N–H and O–H groups in total. The number of rotatable bonds is 4. The van der Waals surface area contributed by atoms with E-state index in [-0.39, 0.29) is 11.3 Å². The van der Waals surface area contributed by atoms with Gasteiger partial charge in [-0.15, -0.1) is 0 Å². The first kappa shape index (κ1) is 15.0. The van der Waals surface area contributed by atoms with Crippen molar-refractivity contribution < 1.29 is 9.13 Å². The Hall–Kier alpha value is -1.44. The van der Waals surface area contributed by atoms with Crippen LogP contribution in [0.25, 0.3) is 11.4 Å². The van der Waals surface area contributed by atoms with Crippen LogP contribution in [0.4, 0.5) is 4.39 Å². The monoisotopic (exact) mass is 388 g/mol. The zero-order chi connectivity index (χ0) is 14.7. The van der Waals surface area contributed by atoms with Crippen molar-refractivity contribution in [2.75, 3.05) is 7.11 Å². The van der Waals surface area contributed by atoms with Gasteiger partial charge in [0.25, 0.3) is 5.56 Å². The molecule has 0 saturated heterocycles. The van der Waals surface area contributed by atoms with Gasteiger partial charge in [0.15, 0.2) is 11.6 Å². The lowest BCUT2D eigenvalue weighted by molar-refractivity contribution is 0.386. The summed E-state index contributed by atoms with van der Waals surface area (Å²) in [4.78, 5) is 19.1. The van der Waals surface area contributed by atoms with Gasteiger partial charge < -0.3 is 9.72 Å². The molecule has 2 rings (SSSR count). The summed E-state index contributed by atoms with van der Waals surface area (Å²) in [5.74, 6) is 0.107. The van der Waals surface area contributed by atoms with Crippen molar-refractivity contribution in [3.05, 3.63) is 43.6 Å². The molecule has 0 fully saturated rings. The molecule has 0 aliphatic rings. The maximum absolute atomic E-state index is 13.4. The summed E-state index contributed by atoms with van der Waals surface area (Å²) in [5, 5.41) is 0. The van der Waals surface area contributed by atoms with Gasteiger partial charge in [-0.25, -0.2) is 9.37 Å². The Balaban J connectivity index is 2.55. The first-order valence-electron chi connectivity index (χ1n) is 6.19. The summed E-state index contributed by atoms with van der Waals surface area (Å²) in [7, 11) is 1.40. The summed E-state index contributed by atoms with van der Waals surface area (Å²) >= 11 is 1.99. The molecule has 0 atom stereocenters. The molecule has 2 aromatic rings. The van der Waals surface area contributed by atoms with Crippen LogP contribution >= 0.6 is 22.6 Å². The quantitative estimate of drug-likeness (QED) is 0.819. The highest BCUT2D eigenvalue weighted by Crippen LogP contribution is 2.24. The Kier molecular flexibility index (Phi) is 4.74. The van der Waals surface area contributed by atoms with Gasteiger partial charge in [-0.05, 0) is 47.2 Å². The highest BCUT2D eigenvalue weighted by Gasteiger charge is 2.11. The maximum atomic E-state index is 13.4. The van der Waals surface area contributed by atoms with E-state index in [4.69, 9.17) is 4.74 Å². The fourth-order valence-electron chi connectivity index (χ4n) is 1.85. The van der Waals surface area contributed by atoms with Crippen molar-refractivity contribution in [1.82, 2.24) is 9.97 Å². The molecule has 20 heavy (non-hydrogen) atoms. The lowest BCUT2D eigenvalue weighted by Crippen LogP contribution is -2.16. The number of ether oxygens (including phenoxy) is 1. The molecular formula is C14H14FIN2O2. The second-order valence-corrected chi connectivity index (χ2v) is 5.35. The Morgan fingerprint density at radius 2 is 2.20 bits per heavy atom. The van der Waals surface area contributed by atoms with Crippen LogP contribution in [0.3, 0.4) is 0 Å². The highest BCUT2D eigenvalue weighted by molar-refractivity contribution is 14.1. The molecule has 0 aliphatic heterocycles. The highest BCUT2D eigenvalue weighted by atomic mass is 127. The first-order chi connectivity index (χ1) is 9.56. The Bertz CT molecular complexity index is 685. The number of benzene rings is 1. The fraction of sp³-hybridized carbons (Fsp3) is 0.286. The van der Waals surface area contributed by atoms with E-state index in [0.29, 0.717) is 15.0 Å². The van der Waals surface area contributed by atoms with E-state index in [1.165, 1.54) is 19.2 Å². The lowest BCUT2D eigenvalue weighted by atomic mass is 10.1. The van der Waals surface area contributed by atoms with Crippen molar-refractivity contribution in [1.29, 1.82) is 0 Å². The van der Waals surface area contributed by atoms with Gasteiger partial charge in [0.1, 0.15) is 5.82 Å². The Labute approximate surface area is 129 Å². The Morgan fingerprint density at radius 1 is 1.45 bits per heavy atom. The topological polar surface area (TPSA) is 55.0 Å². The summed E-state index contributed by atoms with van der Waals surface area (Å²) in [5.41, 5.74) is 1.20. The van der Waals surface area contributed by atoms with Gasteiger partial charge >= 0.3 is 0 Å². The minimum Gasteiger partial charge on any atom is -0.494 e. The predicted octanol–water partition coefficient (Wildman–Crippen LogP) is 3.14. The number of nitrogens with zero attached hydrogens (tertiary/aromatic N) is 1. The summed E-state index contributed by atoms with van der Waals surface area (Å²) in [6, 6.07) is 4.39. The number of hydrogen-bond donors (Lipinski definition) is 1. The van der Waals surface area contributed by atoms with Crippen molar-refractivity contribution in [2.24, 2.45) is 0 Å². The van der Waals surface area contributed by atoms with Crippen LogP contribution in [0, 0.1) is 9.39 Å². The van der Waals surface area contributed by atoms with Gasteiger partial charge in [0.2, 0.25) is 0 Å². The normalized spacial score (nSPS) is 10.6. The molecule has 1 heterocycles. The number of aryl methyl sites for hydroxylation is 1. The molecule has 0 radical (unpaired) electrons. The number of nitrogens with one attached hydrogen (secondary N) is 1. The number of methoxy groups -OCH3 is 1. The summed E-state index contributed by atoms with van der Waals surface area (Å²) in [6.45, 7) is 2.03. The molecule has 0 aliphatic carbocycles. The van der Waals surface area contributed by atoms with Crippen LogP contribution in [-0.2, 0) is 6.42 Å². The second kappa shape index (κ2) is 6.34. The van der Waals surface area contributed by atoms with Crippen LogP contribution in [0.15, 0.2) is 23.0 Å². The molecule has 6 heteroatoms. The molecule has 0 amide bonds. The molecule has 0 saturated carbocycles. The average Bonchev–Trinajstić information content (AvgIpc) is 2.44. The minimum atomic E-state index is -0.446.